The minimum atomic E-state index is -0.181. The van der Waals surface area contributed by atoms with Crippen molar-refractivity contribution in [2.75, 3.05) is 12.4 Å². The summed E-state index contributed by atoms with van der Waals surface area (Å²) in [6.45, 7) is 0. The summed E-state index contributed by atoms with van der Waals surface area (Å²) in [5.74, 6) is -0.360. The van der Waals surface area contributed by atoms with Crippen LogP contribution in [0.2, 0.25) is 0 Å². The molecule has 2 aromatic rings. The molecule has 0 spiro atoms. The second-order valence-corrected chi connectivity index (χ2v) is 5.47. The zero-order valence-electron chi connectivity index (χ0n) is 12.9. The maximum absolute atomic E-state index is 12.4. The van der Waals surface area contributed by atoms with Crippen LogP contribution in [0.4, 0.5) is 5.69 Å². The minimum absolute atomic E-state index is 0.180. The van der Waals surface area contributed by atoms with Crippen molar-refractivity contribution in [3.8, 4) is 0 Å². The molecular weight excluding hydrogens is 288 g/mol. The number of nitrogens with one attached hydrogen (secondary N) is 2. The molecule has 4 heteroatoms. The lowest BCUT2D eigenvalue weighted by Crippen LogP contribution is -2.18. The van der Waals surface area contributed by atoms with Gasteiger partial charge in [0.15, 0.2) is 0 Å². The quantitative estimate of drug-likeness (QED) is 0.914. The molecule has 0 unspecified atom stereocenters. The molecule has 0 aliphatic heterocycles. The molecule has 23 heavy (non-hydrogen) atoms. The third kappa shape index (κ3) is 3.31. The Balaban J connectivity index is 1.80. The van der Waals surface area contributed by atoms with Crippen LogP contribution in [0.1, 0.15) is 38.3 Å². The molecule has 0 fully saturated rings. The fourth-order valence-corrected chi connectivity index (χ4v) is 2.65. The van der Waals surface area contributed by atoms with Crippen LogP contribution in [-0.4, -0.2) is 18.9 Å². The molecule has 0 aromatic heterocycles. The monoisotopic (exact) mass is 306 g/mol. The molecule has 2 N–H and O–H groups in total. The summed E-state index contributed by atoms with van der Waals surface area (Å²) in [6.07, 6.45) is 6.24. The molecule has 4 nitrogen and oxygen atoms in total. The Kier molecular flexibility index (Phi) is 4.24. The van der Waals surface area contributed by atoms with E-state index < -0.39 is 0 Å². The maximum atomic E-state index is 12.4. The first-order chi connectivity index (χ1) is 11.2. The summed E-state index contributed by atoms with van der Waals surface area (Å²) in [6, 6.07) is 12.6. The second-order valence-electron chi connectivity index (χ2n) is 5.47. The van der Waals surface area contributed by atoms with E-state index in [1.807, 2.05) is 18.2 Å². The summed E-state index contributed by atoms with van der Waals surface area (Å²) < 4.78 is 0. The molecule has 0 atom stereocenters. The lowest BCUT2D eigenvalue weighted by Gasteiger charge is -2.12. The topological polar surface area (TPSA) is 58.2 Å². The third-order valence-electron chi connectivity index (χ3n) is 3.90. The molecule has 1 aliphatic carbocycles. The van der Waals surface area contributed by atoms with E-state index >= 15 is 0 Å². The first-order valence-electron chi connectivity index (χ1n) is 7.60. The van der Waals surface area contributed by atoms with Gasteiger partial charge in [0.1, 0.15) is 0 Å². The van der Waals surface area contributed by atoms with Gasteiger partial charge in [0, 0.05) is 23.9 Å². The van der Waals surface area contributed by atoms with Gasteiger partial charge in [-0.2, -0.15) is 0 Å². The number of rotatable bonds is 3. The van der Waals surface area contributed by atoms with E-state index in [1.165, 1.54) is 5.56 Å². The molecule has 0 saturated carbocycles. The highest BCUT2D eigenvalue weighted by Crippen LogP contribution is 2.21. The van der Waals surface area contributed by atoms with E-state index in [9.17, 15) is 9.59 Å². The fraction of sp³-hybridized carbons (Fsp3) is 0.158. The SMILES string of the molecule is CNC(=O)c1cccc(NC(=O)c2ccc3c(c2)C=CCC3)c1. The summed E-state index contributed by atoms with van der Waals surface area (Å²) >= 11 is 0. The van der Waals surface area contributed by atoms with Gasteiger partial charge in [-0.15, -0.1) is 0 Å². The van der Waals surface area contributed by atoms with E-state index in [-0.39, 0.29) is 11.8 Å². The molecule has 116 valence electrons. The van der Waals surface area contributed by atoms with Gasteiger partial charge in [0.25, 0.3) is 11.8 Å². The lowest BCUT2D eigenvalue weighted by molar-refractivity contribution is 0.0961. The van der Waals surface area contributed by atoms with Crippen molar-refractivity contribution in [1.29, 1.82) is 0 Å². The van der Waals surface area contributed by atoms with Crippen LogP contribution in [-0.2, 0) is 6.42 Å². The number of carbonyl (C=O) groups excluding carboxylic acids is 2. The Hall–Kier alpha value is -2.88. The normalized spacial score (nSPS) is 12.4. The highest BCUT2D eigenvalue weighted by atomic mass is 16.2. The van der Waals surface area contributed by atoms with Gasteiger partial charge in [-0.25, -0.2) is 0 Å². The van der Waals surface area contributed by atoms with Crippen LogP contribution in [0.3, 0.4) is 0 Å². The number of anilines is 1. The average Bonchev–Trinajstić information content (AvgIpc) is 2.60. The highest BCUT2D eigenvalue weighted by molar-refractivity contribution is 6.05. The Morgan fingerprint density at radius 2 is 1.83 bits per heavy atom. The smallest absolute Gasteiger partial charge is 0.255 e. The van der Waals surface area contributed by atoms with Crippen molar-refractivity contribution in [1.82, 2.24) is 5.32 Å². The van der Waals surface area contributed by atoms with E-state index in [2.05, 4.69) is 22.8 Å². The van der Waals surface area contributed by atoms with Crippen LogP contribution in [0, 0.1) is 0 Å². The number of fused-ring (bicyclic) bond motifs is 1. The zero-order valence-corrected chi connectivity index (χ0v) is 12.9. The van der Waals surface area contributed by atoms with Crippen molar-refractivity contribution in [3.05, 3.63) is 70.8 Å². The zero-order chi connectivity index (χ0) is 16.2. The molecule has 2 aromatic carbocycles. The molecule has 3 rings (SSSR count). The Morgan fingerprint density at radius 1 is 1.00 bits per heavy atom. The van der Waals surface area contributed by atoms with Gasteiger partial charge < -0.3 is 10.6 Å². The van der Waals surface area contributed by atoms with Crippen molar-refractivity contribution in [2.45, 2.75) is 12.8 Å². The number of hydrogen-bond donors (Lipinski definition) is 2. The molecule has 0 saturated heterocycles. The predicted octanol–water partition coefficient (Wildman–Crippen LogP) is 3.26. The van der Waals surface area contributed by atoms with Crippen LogP contribution in [0.25, 0.3) is 6.08 Å². The molecule has 0 radical (unpaired) electrons. The van der Waals surface area contributed by atoms with E-state index in [0.717, 1.165) is 18.4 Å². The van der Waals surface area contributed by atoms with Crippen molar-refractivity contribution >= 4 is 23.6 Å². The second kappa shape index (κ2) is 6.48. The van der Waals surface area contributed by atoms with Crippen LogP contribution < -0.4 is 10.6 Å². The van der Waals surface area contributed by atoms with E-state index in [4.69, 9.17) is 0 Å². The van der Waals surface area contributed by atoms with Crippen LogP contribution in [0.5, 0.6) is 0 Å². The molecule has 0 heterocycles. The first-order valence-corrected chi connectivity index (χ1v) is 7.60. The number of amides is 2. The lowest BCUT2D eigenvalue weighted by atomic mass is 9.95. The van der Waals surface area contributed by atoms with E-state index in [0.29, 0.717) is 16.8 Å². The Morgan fingerprint density at radius 3 is 2.65 bits per heavy atom. The number of allylic oxidation sites excluding steroid dienone is 1. The predicted molar refractivity (Wildman–Crippen MR) is 91.6 cm³/mol. The van der Waals surface area contributed by atoms with Gasteiger partial charge in [-0.3, -0.25) is 9.59 Å². The number of aryl methyl sites for hydroxylation is 1. The van der Waals surface area contributed by atoms with Gasteiger partial charge >= 0.3 is 0 Å². The van der Waals surface area contributed by atoms with Gasteiger partial charge in [0.2, 0.25) is 0 Å². The fourth-order valence-electron chi connectivity index (χ4n) is 2.65. The minimum Gasteiger partial charge on any atom is -0.355 e. The summed E-state index contributed by atoms with van der Waals surface area (Å²) in [4.78, 5) is 24.1. The summed E-state index contributed by atoms with van der Waals surface area (Å²) in [5, 5.41) is 5.41. The molecular formula is C19H18N2O2. The molecule has 0 bridgehead atoms. The maximum Gasteiger partial charge on any atom is 0.255 e. The van der Waals surface area contributed by atoms with Crippen molar-refractivity contribution in [2.24, 2.45) is 0 Å². The Bertz CT molecular complexity index is 794. The highest BCUT2D eigenvalue weighted by Gasteiger charge is 2.11. The number of carbonyl (C=O) groups is 2. The van der Waals surface area contributed by atoms with E-state index in [1.54, 1.807) is 31.3 Å². The van der Waals surface area contributed by atoms with Crippen LogP contribution >= 0.6 is 0 Å². The molecule has 1 aliphatic rings. The third-order valence-corrected chi connectivity index (χ3v) is 3.90. The number of hydrogen-bond acceptors (Lipinski definition) is 2. The largest absolute Gasteiger partial charge is 0.355 e. The summed E-state index contributed by atoms with van der Waals surface area (Å²) in [7, 11) is 1.58. The Labute approximate surface area is 135 Å². The van der Waals surface area contributed by atoms with Crippen molar-refractivity contribution < 1.29 is 9.59 Å². The standard InChI is InChI=1S/C19H18N2O2/c1-20-18(22)15-7-4-8-17(12-15)21-19(23)16-10-9-13-5-2-3-6-14(13)11-16/h3-4,6-12H,2,5H2,1H3,(H,20,22)(H,21,23). The summed E-state index contributed by atoms with van der Waals surface area (Å²) in [5.41, 5.74) is 4.09. The average molecular weight is 306 g/mol. The van der Waals surface area contributed by atoms with Gasteiger partial charge in [0.05, 0.1) is 0 Å². The van der Waals surface area contributed by atoms with Gasteiger partial charge in [-0.1, -0.05) is 24.3 Å². The number of benzene rings is 2. The first kappa shape index (κ1) is 15.0. The molecule has 2 amide bonds. The van der Waals surface area contributed by atoms with Crippen LogP contribution in [0.15, 0.2) is 48.5 Å². The van der Waals surface area contributed by atoms with Crippen molar-refractivity contribution in [3.63, 3.8) is 0 Å². The van der Waals surface area contributed by atoms with Gasteiger partial charge in [-0.05, 0) is 54.3 Å².